The fourth-order valence-corrected chi connectivity index (χ4v) is 3.72. The molecule has 8 heteroatoms. The molecule has 2 saturated heterocycles. The van der Waals surface area contributed by atoms with Gasteiger partial charge in [-0.15, -0.1) is 24.8 Å². The molecule has 0 aliphatic carbocycles. The maximum absolute atomic E-state index is 13.1. The van der Waals surface area contributed by atoms with Crippen molar-refractivity contribution in [3.63, 3.8) is 0 Å². The number of piperazine rings is 1. The van der Waals surface area contributed by atoms with E-state index >= 15 is 0 Å². The number of nitrogens with zero attached hydrogens (tertiary/aromatic N) is 2. The van der Waals surface area contributed by atoms with Crippen molar-refractivity contribution in [1.82, 2.24) is 15.1 Å². The second-order valence-corrected chi connectivity index (χ2v) is 7.20. The largest absolute Gasteiger partial charge is 0.340 e. The Bertz CT molecular complexity index is 577. The first-order chi connectivity index (χ1) is 11.6. The molecule has 0 aromatic heterocycles. The quantitative estimate of drug-likeness (QED) is 0.784. The summed E-state index contributed by atoms with van der Waals surface area (Å²) in [5, 5.41) is 3.82. The van der Waals surface area contributed by atoms with Gasteiger partial charge in [-0.05, 0) is 49.5 Å². The Kier molecular flexibility index (Phi) is 10.2. The van der Waals surface area contributed by atoms with Gasteiger partial charge >= 0.3 is 0 Å². The monoisotopic (exact) mass is 425 g/mol. The fourth-order valence-electron chi connectivity index (χ4n) is 3.49. The average Bonchev–Trinajstić information content (AvgIpc) is 3.09. The Morgan fingerprint density at radius 3 is 2.58 bits per heavy atom. The van der Waals surface area contributed by atoms with E-state index in [0.29, 0.717) is 23.9 Å². The first-order valence-corrected chi connectivity index (χ1v) is 9.14. The van der Waals surface area contributed by atoms with Crippen molar-refractivity contribution < 1.29 is 9.18 Å². The first kappa shape index (κ1) is 23.4. The summed E-state index contributed by atoms with van der Waals surface area (Å²) in [6.45, 7) is 6.05. The third kappa shape index (κ3) is 6.54. The van der Waals surface area contributed by atoms with E-state index in [1.54, 1.807) is 6.07 Å². The van der Waals surface area contributed by atoms with E-state index in [1.165, 1.54) is 18.6 Å². The van der Waals surface area contributed by atoms with Crippen LogP contribution < -0.4 is 5.32 Å². The lowest BCUT2D eigenvalue weighted by Gasteiger charge is -2.35. The van der Waals surface area contributed by atoms with Gasteiger partial charge in [0, 0.05) is 44.2 Å². The lowest BCUT2D eigenvalue weighted by Crippen LogP contribution is -2.48. The van der Waals surface area contributed by atoms with Crippen molar-refractivity contribution in [2.45, 2.75) is 25.8 Å². The molecule has 26 heavy (non-hydrogen) atoms. The van der Waals surface area contributed by atoms with Crippen LogP contribution in [0.2, 0.25) is 5.02 Å². The lowest BCUT2D eigenvalue weighted by atomic mass is 10.0. The third-order valence-electron chi connectivity index (χ3n) is 5.06. The number of hydrogen-bond acceptors (Lipinski definition) is 3. The molecular weight excluding hydrogens is 400 g/mol. The molecule has 2 aliphatic rings. The van der Waals surface area contributed by atoms with Gasteiger partial charge in [-0.25, -0.2) is 4.39 Å². The highest BCUT2D eigenvalue weighted by molar-refractivity contribution is 6.31. The van der Waals surface area contributed by atoms with Gasteiger partial charge in [0.1, 0.15) is 5.82 Å². The fraction of sp³-hybridized carbons (Fsp3) is 0.611. The van der Waals surface area contributed by atoms with E-state index in [1.807, 2.05) is 4.90 Å². The molecule has 0 bridgehead atoms. The van der Waals surface area contributed by atoms with E-state index < -0.39 is 0 Å². The summed E-state index contributed by atoms with van der Waals surface area (Å²) in [6, 6.07) is 4.54. The Labute approximate surface area is 172 Å². The molecule has 0 spiro atoms. The second kappa shape index (κ2) is 11.3. The molecular formula is C18H27Cl3FN3O. The smallest absolute Gasteiger partial charge is 0.222 e. The van der Waals surface area contributed by atoms with Crippen LogP contribution in [0, 0.1) is 11.7 Å². The number of halogens is 4. The van der Waals surface area contributed by atoms with Crippen LogP contribution in [0.5, 0.6) is 0 Å². The van der Waals surface area contributed by atoms with E-state index in [9.17, 15) is 9.18 Å². The summed E-state index contributed by atoms with van der Waals surface area (Å²) in [5.41, 5.74) is 0.937. The number of amides is 1. The van der Waals surface area contributed by atoms with E-state index in [0.717, 1.165) is 51.3 Å². The summed E-state index contributed by atoms with van der Waals surface area (Å²) in [4.78, 5) is 16.6. The summed E-state index contributed by atoms with van der Waals surface area (Å²) in [6.07, 6.45) is 2.85. The molecule has 3 rings (SSSR count). The van der Waals surface area contributed by atoms with Gasteiger partial charge in [0.2, 0.25) is 5.91 Å². The minimum absolute atomic E-state index is 0. The topological polar surface area (TPSA) is 35.6 Å². The van der Waals surface area contributed by atoms with Gasteiger partial charge in [-0.2, -0.15) is 0 Å². The standard InChI is InChI=1S/C18H25ClFN3O.2ClH/c19-17-11-16(20)3-2-15(17)13-22-7-9-23(10-8-22)18(24)4-1-14-5-6-21-12-14;;/h2-3,11,14,21H,1,4-10,12-13H2;2*1H. The van der Waals surface area contributed by atoms with Crippen LogP contribution >= 0.6 is 36.4 Å². The zero-order valence-electron chi connectivity index (χ0n) is 14.8. The number of carbonyl (C=O) groups excluding carboxylic acids is 1. The molecule has 1 aromatic carbocycles. The average molecular weight is 427 g/mol. The Morgan fingerprint density at radius 1 is 1.23 bits per heavy atom. The number of benzene rings is 1. The highest BCUT2D eigenvalue weighted by atomic mass is 35.5. The molecule has 0 saturated carbocycles. The third-order valence-corrected chi connectivity index (χ3v) is 5.41. The molecule has 2 fully saturated rings. The maximum Gasteiger partial charge on any atom is 0.222 e. The molecule has 148 valence electrons. The maximum atomic E-state index is 13.1. The summed E-state index contributed by atoms with van der Waals surface area (Å²) >= 11 is 6.09. The van der Waals surface area contributed by atoms with Crippen LogP contribution in [0.1, 0.15) is 24.8 Å². The predicted octanol–water partition coefficient (Wildman–Crippen LogP) is 3.36. The summed E-state index contributed by atoms with van der Waals surface area (Å²) in [7, 11) is 0. The highest BCUT2D eigenvalue weighted by Gasteiger charge is 2.23. The Balaban J connectivity index is 0.00000169. The zero-order chi connectivity index (χ0) is 16.9. The van der Waals surface area contributed by atoms with Crippen LogP contribution in [0.4, 0.5) is 4.39 Å². The SMILES string of the molecule is Cl.Cl.O=C(CCC1CCNC1)N1CCN(Cc2ccc(F)cc2Cl)CC1. The van der Waals surface area contributed by atoms with Crippen LogP contribution in [0.25, 0.3) is 0 Å². The normalized spacial score (nSPS) is 20.4. The van der Waals surface area contributed by atoms with E-state index in [-0.39, 0.29) is 36.5 Å². The van der Waals surface area contributed by atoms with Gasteiger partial charge in [-0.3, -0.25) is 9.69 Å². The first-order valence-electron chi connectivity index (χ1n) is 8.76. The van der Waals surface area contributed by atoms with Gasteiger partial charge in [-0.1, -0.05) is 17.7 Å². The van der Waals surface area contributed by atoms with Crippen molar-refractivity contribution in [2.24, 2.45) is 5.92 Å². The number of rotatable bonds is 5. The molecule has 1 aromatic rings. The van der Waals surface area contributed by atoms with Crippen LogP contribution in [-0.4, -0.2) is 55.0 Å². The summed E-state index contributed by atoms with van der Waals surface area (Å²) < 4.78 is 13.1. The highest BCUT2D eigenvalue weighted by Crippen LogP contribution is 2.20. The lowest BCUT2D eigenvalue weighted by molar-refractivity contribution is -0.133. The summed E-state index contributed by atoms with van der Waals surface area (Å²) in [5.74, 6) is 0.633. The van der Waals surface area contributed by atoms with Crippen LogP contribution in [0.3, 0.4) is 0 Å². The van der Waals surface area contributed by atoms with Crippen LogP contribution in [0.15, 0.2) is 18.2 Å². The van der Waals surface area contributed by atoms with Crippen molar-refractivity contribution in [1.29, 1.82) is 0 Å². The number of nitrogens with one attached hydrogen (secondary N) is 1. The van der Waals surface area contributed by atoms with E-state index in [2.05, 4.69) is 10.2 Å². The van der Waals surface area contributed by atoms with Gasteiger partial charge in [0.25, 0.3) is 0 Å². The minimum Gasteiger partial charge on any atom is -0.340 e. The molecule has 2 heterocycles. The molecule has 1 unspecified atom stereocenters. The van der Waals surface area contributed by atoms with Gasteiger partial charge < -0.3 is 10.2 Å². The molecule has 1 N–H and O–H groups in total. The second-order valence-electron chi connectivity index (χ2n) is 6.79. The molecule has 0 radical (unpaired) electrons. The van der Waals surface area contributed by atoms with Crippen molar-refractivity contribution >= 4 is 42.3 Å². The number of carbonyl (C=O) groups is 1. The molecule has 2 aliphatic heterocycles. The Morgan fingerprint density at radius 2 is 1.96 bits per heavy atom. The molecule has 1 amide bonds. The number of hydrogen-bond donors (Lipinski definition) is 1. The zero-order valence-corrected chi connectivity index (χ0v) is 17.1. The molecule has 4 nitrogen and oxygen atoms in total. The van der Waals surface area contributed by atoms with Crippen molar-refractivity contribution in [2.75, 3.05) is 39.3 Å². The Hall–Kier alpha value is -0.590. The predicted molar refractivity (Wildman–Crippen MR) is 108 cm³/mol. The van der Waals surface area contributed by atoms with Crippen molar-refractivity contribution in [3.8, 4) is 0 Å². The van der Waals surface area contributed by atoms with Crippen LogP contribution in [-0.2, 0) is 11.3 Å². The van der Waals surface area contributed by atoms with Crippen molar-refractivity contribution in [3.05, 3.63) is 34.6 Å². The van der Waals surface area contributed by atoms with Gasteiger partial charge in [0.05, 0.1) is 0 Å². The molecule has 1 atom stereocenters. The van der Waals surface area contributed by atoms with E-state index in [4.69, 9.17) is 11.6 Å². The van der Waals surface area contributed by atoms with Gasteiger partial charge in [0.15, 0.2) is 0 Å². The minimum atomic E-state index is -0.309.